The van der Waals surface area contributed by atoms with E-state index < -0.39 is 20.2 Å². The highest BCUT2D eigenvalue weighted by Crippen LogP contribution is 2.33. The Balaban J connectivity index is 2.42. The Morgan fingerprint density at radius 2 is 2.10 bits per heavy atom. The smallest absolute Gasteiger partial charge is 0.350 e. The molecule has 0 aliphatic carbocycles. The maximum absolute atomic E-state index is 10.6. The van der Waals surface area contributed by atoms with Crippen molar-refractivity contribution in [3.63, 3.8) is 0 Å². The van der Waals surface area contributed by atoms with Crippen LogP contribution in [0.2, 0.25) is 0 Å². The second-order valence-corrected chi connectivity index (χ2v) is 5.71. The Hall–Kier alpha value is -1.25. The number of rotatable bonds is 8. The summed E-state index contributed by atoms with van der Waals surface area (Å²) in [5.41, 5.74) is 11.3. The number of allylic oxidation sites excluding steroid dienone is 1. The van der Waals surface area contributed by atoms with Gasteiger partial charge in [-0.2, -0.15) is 0 Å². The van der Waals surface area contributed by atoms with Crippen LogP contribution in [0.25, 0.3) is 0 Å². The number of guanidine groups is 1. The normalized spacial score (nSPS) is 23.1. The first-order valence-corrected chi connectivity index (χ1v) is 7.65. The fourth-order valence-corrected chi connectivity index (χ4v) is 1.96. The molecule has 20 heavy (non-hydrogen) atoms. The van der Waals surface area contributed by atoms with Gasteiger partial charge in [-0.15, -0.1) is 6.58 Å². The molecule has 1 heterocycles. The average molecular weight is 306 g/mol. The number of nitrogens with two attached hydrogens (primary N) is 2. The van der Waals surface area contributed by atoms with E-state index in [-0.39, 0.29) is 25.1 Å². The summed E-state index contributed by atoms with van der Waals surface area (Å²) in [6.07, 6.45) is 0.945. The molecule has 1 aliphatic heterocycles. The number of hydrogen-bond acceptors (Lipinski definition) is 7. The Labute approximate surface area is 116 Å². The third-order valence-electron chi connectivity index (χ3n) is 2.42. The standard InChI is InChI=1S/C10H19N4O5P/c1-2-3-7-8(11)13-10(12)14-9(7)19-5-4-18-6-20(15,16)17/h2,7,9H,1,3-6H2,(H2,15,16,17)(H4,11,12,13,14). The molecule has 6 N–H and O–H groups in total. The molecule has 1 rings (SSSR count). The molecule has 0 bridgehead atoms. The van der Waals surface area contributed by atoms with E-state index in [1.807, 2.05) is 0 Å². The first kappa shape index (κ1) is 16.8. The largest absolute Gasteiger partial charge is 0.387 e. The van der Waals surface area contributed by atoms with Crippen molar-refractivity contribution in [3.05, 3.63) is 12.7 Å². The van der Waals surface area contributed by atoms with Gasteiger partial charge in [-0.3, -0.25) is 4.57 Å². The Morgan fingerprint density at radius 1 is 1.40 bits per heavy atom. The third-order valence-corrected chi connectivity index (χ3v) is 2.94. The van der Waals surface area contributed by atoms with Crippen molar-refractivity contribution in [1.82, 2.24) is 0 Å². The van der Waals surface area contributed by atoms with Crippen LogP contribution in [-0.2, 0) is 14.0 Å². The van der Waals surface area contributed by atoms with Crippen molar-refractivity contribution in [2.75, 3.05) is 19.6 Å². The van der Waals surface area contributed by atoms with E-state index in [1.165, 1.54) is 0 Å². The summed E-state index contributed by atoms with van der Waals surface area (Å²) in [6, 6.07) is 0. The Bertz CT molecular complexity index is 447. The molecule has 1 aliphatic rings. The van der Waals surface area contributed by atoms with Crippen molar-refractivity contribution in [1.29, 1.82) is 0 Å². The molecule has 10 heteroatoms. The van der Waals surface area contributed by atoms with Gasteiger partial charge in [0.25, 0.3) is 0 Å². The quantitative estimate of drug-likeness (QED) is 0.264. The van der Waals surface area contributed by atoms with Crippen LogP contribution in [0, 0.1) is 5.92 Å². The molecule has 0 spiro atoms. The number of hydrogen-bond donors (Lipinski definition) is 4. The number of ether oxygens (including phenoxy) is 2. The fourth-order valence-electron chi connectivity index (χ4n) is 1.59. The highest BCUT2D eigenvalue weighted by molar-refractivity contribution is 7.51. The predicted octanol–water partition coefficient (Wildman–Crippen LogP) is -0.641. The first-order chi connectivity index (χ1) is 9.33. The van der Waals surface area contributed by atoms with E-state index in [9.17, 15) is 4.57 Å². The number of aliphatic imine (C=N–C) groups is 2. The molecule has 0 amide bonds. The Kier molecular flexibility index (Phi) is 6.31. The van der Waals surface area contributed by atoms with Gasteiger partial charge in [0.15, 0.2) is 6.23 Å². The predicted molar refractivity (Wildman–Crippen MR) is 74.2 cm³/mol. The van der Waals surface area contributed by atoms with Gasteiger partial charge in [-0.05, 0) is 6.42 Å². The molecule has 2 unspecified atom stereocenters. The molecular formula is C10H19N4O5P. The summed E-state index contributed by atoms with van der Waals surface area (Å²) >= 11 is 0. The van der Waals surface area contributed by atoms with Crippen LogP contribution in [0.5, 0.6) is 0 Å². The monoisotopic (exact) mass is 306 g/mol. The minimum atomic E-state index is -4.16. The molecule has 0 aromatic rings. The highest BCUT2D eigenvalue weighted by atomic mass is 31.2. The zero-order valence-corrected chi connectivity index (χ0v) is 11.8. The van der Waals surface area contributed by atoms with E-state index in [0.29, 0.717) is 12.3 Å². The molecule has 0 radical (unpaired) electrons. The third kappa shape index (κ3) is 5.81. The van der Waals surface area contributed by atoms with Crippen molar-refractivity contribution in [2.45, 2.75) is 12.6 Å². The SMILES string of the molecule is C=CCC1C(N)=NC(N)=NC1OCCOCP(=O)(O)O. The summed E-state index contributed by atoms with van der Waals surface area (Å²) < 4.78 is 20.8. The summed E-state index contributed by atoms with van der Waals surface area (Å²) in [5, 5.41) is 0. The van der Waals surface area contributed by atoms with E-state index >= 15 is 0 Å². The zero-order valence-electron chi connectivity index (χ0n) is 10.9. The minimum absolute atomic E-state index is 0.0227. The molecular weight excluding hydrogens is 287 g/mol. The van der Waals surface area contributed by atoms with Gasteiger partial charge in [0.05, 0.1) is 19.1 Å². The van der Waals surface area contributed by atoms with Crippen molar-refractivity contribution in [3.8, 4) is 0 Å². The highest BCUT2D eigenvalue weighted by Gasteiger charge is 2.28. The van der Waals surface area contributed by atoms with Crippen LogP contribution >= 0.6 is 7.60 Å². The lowest BCUT2D eigenvalue weighted by molar-refractivity contribution is 0.0000186. The van der Waals surface area contributed by atoms with Crippen LogP contribution < -0.4 is 11.5 Å². The van der Waals surface area contributed by atoms with Gasteiger partial charge >= 0.3 is 7.60 Å². The summed E-state index contributed by atoms with van der Waals surface area (Å²) in [7, 11) is -4.16. The zero-order chi connectivity index (χ0) is 15.2. The molecule has 0 saturated carbocycles. The van der Waals surface area contributed by atoms with Crippen molar-refractivity contribution in [2.24, 2.45) is 27.4 Å². The molecule has 9 nitrogen and oxygen atoms in total. The maximum Gasteiger partial charge on any atom is 0.350 e. The van der Waals surface area contributed by atoms with E-state index in [0.717, 1.165) is 0 Å². The van der Waals surface area contributed by atoms with Crippen LogP contribution in [0.3, 0.4) is 0 Å². The summed E-state index contributed by atoms with van der Waals surface area (Å²) in [4.78, 5) is 25.1. The van der Waals surface area contributed by atoms with Crippen LogP contribution in [0.15, 0.2) is 22.6 Å². The molecule has 0 saturated heterocycles. The molecule has 0 fully saturated rings. The second-order valence-electron chi connectivity index (χ2n) is 4.12. The van der Waals surface area contributed by atoms with Gasteiger partial charge in [0, 0.05) is 0 Å². The number of amidine groups is 1. The second kappa shape index (κ2) is 7.51. The lowest BCUT2D eigenvalue weighted by Gasteiger charge is -2.26. The Morgan fingerprint density at radius 3 is 2.70 bits per heavy atom. The number of nitrogens with zero attached hydrogens (tertiary/aromatic N) is 2. The molecule has 0 aromatic heterocycles. The van der Waals surface area contributed by atoms with Crippen LogP contribution in [0.1, 0.15) is 6.42 Å². The van der Waals surface area contributed by atoms with Gasteiger partial charge in [0.1, 0.15) is 12.2 Å². The average Bonchev–Trinajstić information content (AvgIpc) is 2.31. The first-order valence-electron chi connectivity index (χ1n) is 5.85. The van der Waals surface area contributed by atoms with Crippen LogP contribution in [-0.4, -0.2) is 47.4 Å². The summed E-state index contributed by atoms with van der Waals surface area (Å²) in [6.45, 7) is 3.74. The minimum Gasteiger partial charge on any atom is -0.387 e. The van der Waals surface area contributed by atoms with E-state index in [1.54, 1.807) is 6.08 Å². The van der Waals surface area contributed by atoms with Crippen LogP contribution in [0.4, 0.5) is 0 Å². The van der Waals surface area contributed by atoms with Crippen molar-refractivity contribution >= 4 is 19.4 Å². The molecule has 114 valence electrons. The lowest BCUT2D eigenvalue weighted by atomic mass is 10.0. The van der Waals surface area contributed by atoms with Gasteiger partial charge < -0.3 is 30.7 Å². The molecule has 2 atom stereocenters. The van der Waals surface area contributed by atoms with E-state index in [4.69, 9.17) is 30.7 Å². The molecule has 0 aromatic carbocycles. The van der Waals surface area contributed by atoms with Gasteiger partial charge in [-0.25, -0.2) is 9.98 Å². The van der Waals surface area contributed by atoms with Gasteiger partial charge in [0.2, 0.25) is 5.96 Å². The maximum atomic E-state index is 10.6. The van der Waals surface area contributed by atoms with Gasteiger partial charge in [-0.1, -0.05) is 6.08 Å². The fraction of sp³-hybridized carbons (Fsp3) is 0.600. The van der Waals surface area contributed by atoms with Crippen molar-refractivity contribution < 1.29 is 23.8 Å². The lowest BCUT2D eigenvalue weighted by Crippen LogP contribution is -2.40. The summed E-state index contributed by atoms with van der Waals surface area (Å²) in [5.74, 6) is 0.0871. The topological polar surface area (TPSA) is 153 Å². The van der Waals surface area contributed by atoms with E-state index in [2.05, 4.69) is 16.6 Å².